The number of ether oxygens (including phenoxy) is 4. The molecule has 4 rings (SSSR count). The Hall–Kier alpha value is -4.87. The number of amides is 2. The largest absolute Gasteiger partial charge is 0.493 e. The minimum absolute atomic E-state index is 0.177. The second-order valence-electron chi connectivity index (χ2n) is 7.73. The number of carbonyl (C=O) groups is 2. The van der Waals surface area contributed by atoms with Crippen molar-refractivity contribution in [3.63, 3.8) is 0 Å². The predicted molar refractivity (Wildman–Crippen MR) is 134 cm³/mol. The topological polar surface area (TPSA) is 138 Å². The Morgan fingerprint density at radius 3 is 2.57 bits per heavy atom. The first-order valence-electron chi connectivity index (χ1n) is 11.3. The van der Waals surface area contributed by atoms with Gasteiger partial charge in [0.25, 0.3) is 5.91 Å². The SMILES string of the molecule is COc1ccc(-c2nnc3ccc(OCCNC(=O)COc4cccc(NC(C)=O)c4)nn23)cc1OC. The number of aromatic nitrogens is 4. The molecule has 0 atom stereocenters. The van der Waals surface area contributed by atoms with Crippen molar-refractivity contribution in [2.24, 2.45) is 0 Å². The molecule has 0 fully saturated rings. The molecule has 12 nitrogen and oxygen atoms in total. The second kappa shape index (κ2) is 11.7. The monoisotopic (exact) mass is 506 g/mol. The lowest BCUT2D eigenvalue weighted by molar-refractivity contribution is -0.123. The molecule has 2 N–H and O–H groups in total. The molecule has 4 aromatic rings. The maximum Gasteiger partial charge on any atom is 0.258 e. The average Bonchev–Trinajstić information content (AvgIpc) is 3.32. The summed E-state index contributed by atoms with van der Waals surface area (Å²) in [4.78, 5) is 23.3. The fourth-order valence-corrected chi connectivity index (χ4v) is 3.42. The van der Waals surface area contributed by atoms with E-state index < -0.39 is 0 Å². The van der Waals surface area contributed by atoms with Crippen molar-refractivity contribution < 1.29 is 28.5 Å². The summed E-state index contributed by atoms with van der Waals surface area (Å²) < 4.78 is 23.4. The highest BCUT2D eigenvalue weighted by Crippen LogP contribution is 2.31. The third-order valence-electron chi connectivity index (χ3n) is 5.08. The number of methoxy groups -OCH3 is 2. The Morgan fingerprint density at radius 1 is 0.946 bits per heavy atom. The van der Waals surface area contributed by atoms with Crippen molar-refractivity contribution in [3.8, 4) is 34.5 Å². The van der Waals surface area contributed by atoms with Gasteiger partial charge in [0.15, 0.2) is 29.6 Å². The van der Waals surface area contributed by atoms with Crippen LogP contribution in [0.25, 0.3) is 17.0 Å². The summed E-state index contributed by atoms with van der Waals surface area (Å²) in [5.41, 5.74) is 1.88. The Balaban J connectivity index is 1.30. The van der Waals surface area contributed by atoms with Gasteiger partial charge in [-0.1, -0.05) is 6.07 Å². The van der Waals surface area contributed by atoms with Gasteiger partial charge in [-0.3, -0.25) is 9.59 Å². The van der Waals surface area contributed by atoms with E-state index in [4.69, 9.17) is 18.9 Å². The van der Waals surface area contributed by atoms with Gasteiger partial charge in [0, 0.05) is 30.3 Å². The third kappa shape index (κ3) is 6.42. The summed E-state index contributed by atoms with van der Waals surface area (Å²) in [6.07, 6.45) is 0. The molecule has 0 aliphatic rings. The first kappa shape index (κ1) is 25.2. The van der Waals surface area contributed by atoms with Crippen LogP contribution in [0.5, 0.6) is 23.1 Å². The highest BCUT2D eigenvalue weighted by atomic mass is 16.5. The van der Waals surface area contributed by atoms with Gasteiger partial charge >= 0.3 is 0 Å². The Kier molecular flexibility index (Phi) is 7.98. The molecule has 0 unspecified atom stereocenters. The number of hydrogen-bond acceptors (Lipinski definition) is 9. The summed E-state index contributed by atoms with van der Waals surface area (Å²) in [6, 6.07) is 15.6. The number of nitrogens with zero attached hydrogens (tertiary/aromatic N) is 4. The van der Waals surface area contributed by atoms with E-state index in [1.165, 1.54) is 6.92 Å². The van der Waals surface area contributed by atoms with E-state index in [1.807, 2.05) is 6.07 Å². The highest BCUT2D eigenvalue weighted by molar-refractivity contribution is 5.88. The third-order valence-corrected chi connectivity index (χ3v) is 5.08. The van der Waals surface area contributed by atoms with Gasteiger partial charge in [0.05, 0.1) is 20.8 Å². The van der Waals surface area contributed by atoms with E-state index >= 15 is 0 Å². The molecule has 0 bridgehead atoms. The summed E-state index contributed by atoms with van der Waals surface area (Å²) in [5.74, 6) is 1.97. The Morgan fingerprint density at radius 2 is 1.78 bits per heavy atom. The molecule has 2 aromatic carbocycles. The van der Waals surface area contributed by atoms with E-state index in [9.17, 15) is 9.59 Å². The lowest BCUT2D eigenvalue weighted by Crippen LogP contribution is -2.32. The van der Waals surface area contributed by atoms with E-state index in [0.29, 0.717) is 40.3 Å². The summed E-state index contributed by atoms with van der Waals surface area (Å²) >= 11 is 0. The van der Waals surface area contributed by atoms with Crippen LogP contribution >= 0.6 is 0 Å². The molecule has 12 heteroatoms. The maximum absolute atomic E-state index is 12.1. The van der Waals surface area contributed by atoms with Crippen molar-refractivity contribution in [1.29, 1.82) is 0 Å². The van der Waals surface area contributed by atoms with E-state index in [-0.39, 0.29) is 31.6 Å². The fraction of sp³-hybridized carbons (Fsp3) is 0.240. The number of nitrogens with one attached hydrogen (secondary N) is 2. The maximum atomic E-state index is 12.1. The van der Waals surface area contributed by atoms with Crippen molar-refractivity contribution in [2.45, 2.75) is 6.92 Å². The number of carbonyl (C=O) groups excluding carboxylic acids is 2. The number of fused-ring (bicyclic) bond motifs is 1. The molecule has 192 valence electrons. The molecule has 37 heavy (non-hydrogen) atoms. The molecule has 2 heterocycles. The lowest BCUT2D eigenvalue weighted by Gasteiger charge is -2.10. The zero-order chi connectivity index (χ0) is 26.2. The second-order valence-corrected chi connectivity index (χ2v) is 7.73. The molecular formula is C25H26N6O6. The van der Waals surface area contributed by atoms with Crippen LogP contribution in [-0.2, 0) is 9.59 Å². The molecule has 0 radical (unpaired) electrons. The predicted octanol–water partition coefficient (Wildman–Crippen LogP) is 2.34. The van der Waals surface area contributed by atoms with Crippen LogP contribution in [0.3, 0.4) is 0 Å². The van der Waals surface area contributed by atoms with Gasteiger partial charge in [-0.05, 0) is 36.4 Å². The quantitative estimate of drug-likeness (QED) is 0.294. The normalized spacial score (nSPS) is 10.6. The van der Waals surface area contributed by atoms with Crippen molar-refractivity contribution >= 4 is 23.1 Å². The zero-order valence-corrected chi connectivity index (χ0v) is 20.6. The summed E-state index contributed by atoms with van der Waals surface area (Å²) in [5, 5.41) is 18.2. The van der Waals surface area contributed by atoms with Gasteiger partial charge < -0.3 is 29.6 Å². The molecule has 0 aliphatic heterocycles. The number of hydrogen-bond donors (Lipinski definition) is 2. The van der Waals surface area contributed by atoms with Crippen LogP contribution in [0, 0.1) is 0 Å². The van der Waals surface area contributed by atoms with Crippen LogP contribution in [-0.4, -0.2) is 65.6 Å². The Bertz CT molecular complexity index is 1410. The molecule has 0 saturated carbocycles. The number of rotatable bonds is 11. The van der Waals surface area contributed by atoms with Gasteiger partial charge in [0.1, 0.15) is 12.4 Å². The molecule has 2 amide bonds. The number of anilines is 1. The van der Waals surface area contributed by atoms with Crippen LogP contribution in [0.2, 0.25) is 0 Å². The zero-order valence-electron chi connectivity index (χ0n) is 20.6. The lowest BCUT2D eigenvalue weighted by atomic mass is 10.2. The van der Waals surface area contributed by atoms with Gasteiger partial charge in [-0.2, -0.15) is 4.52 Å². The van der Waals surface area contributed by atoms with E-state index in [0.717, 1.165) is 5.56 Å². The van der Waals surface area contributed by atoms with Crippen LogP contribution in [0.1, 0.15) is 6.92 Å². The van der Waals surface area contributed by atoms with Crippen LogP contribution < -0.4 is 29.6 Å². The van der Waals surface area contributed by atoms with Gasteiger partial charge in [0.2, 0.25) is 11.8 Å². The Labute approximate surface area is 212 Å². The standard InChI is InChI=1S/C25H26N6O6/c1-16(32)27-18-5-4-6-19(14-18)37-15-23(33)26-11-12-36-24-10-9-22-28-29-25(31(22)30-24)17-7-8-20(34-2)21(13-17)35-3/h4-10,13-14H,11-12,15H2,1-3H3,(H,26,33)(H,27,32). The fourth-order valence-electron chi connectivity index (χ4n) is 3.42. The van der Waals surface area contributed by atoms with E-state index in [1.54, 1.807) is 67.3 Å². The highest BCUT2D eigenvalue weighted by Gasteiger charge is 2.14. The first-order chi connectivity index (χ1) is 18.0. The molecule has 2 aromatic heterocycles. The van der Waals surface area contributed by atoms with Gasteiger partial charge in [-0.15, -0.1) is 15.3 Å². The van der Waals surface area contributed by atoms with E-state index in [2.05, 4.69) is 25.9 Å². The molecular weight excluding hydrogens is 480 g/mol. The van der Waals surface area contributed by atoms with Crippen molar-refractivity contribution in [2.75, 3.05) is 39.3 Å². The molecule has 0 saturated heterocycles. The first-order valence-corrected chi connectivity index (χ1v) is 11.3. The molecule has 0 aliphatic carbocycles. The summed E-state index contributed by atoms with van der Waals surface area (Å²) in [7, 11) is 3.13. The van der Waals surface area contributed by atoms with Crippen molar-refractivity contribution in [1.82, 2.24) is 25.1 Å². The minimum Gasteiger partial charge on any atom is -0.493 e. The van der Waals surface area contributed by atoms with Gasteiger partial charge in [-0.25, -0.2) is 0 Å². The summed E-state index contributed by atoms with van der Waals surface area (Å²) in [6.45, 7) is 1.68. The van der Waals surface area contributed by atoms with Crippen LogP contribution in [0.4, 0.5) is 5.69 Å². The van der Waals surface area contributed by atoms with Crippen LogP contribution in [0.15, 0.2) is 54.6 Å². The average molecular weight is 507 g/mol. The number of benzene rings is 2. The minimum atomic E-state index is -0.313. The molecule has 0 spiro atoms. The smallest absolute Gasteiger partial charge is 0.258 e. The van der Waals surface area contributed by atoms with Crippen molar-refractivity contribution in [3.05, 3.63) is 54.6 Å².